The van der Waals surface area contributed by atoms with Crippen LogP contribution in [-0.4, -0.2) is 60.6 Å². The highest BCUT2D eigenvalue weighted by Gasteiger charge is 2.16. The fourth-order valence-electron chi connectivity index (χ4n) is 3.89. The van der Waals surface area contributed by atoms with Gasteiger partial charge in [-0.05, 0) is 86.3 Å². The van der Waals surface area contributed by atoms with Gasteiger partial charge < -0.3 is 20.6 Å². The number of carbonyl (C=O) groups is 2. The molecule has 182 valence electrons. The molecule has 1 amide bonds. The number of hydrogen-bond donors (Lipinski definition) is 3. The topological polar surface area (TPSA) is 94.0 Å². The molecular weight excluding hydrogens is 452 g/mol. The van der Waals surface area contributed by atoms with E-state index in [1.165, 1.54) is 19.1 Å². The fourth-order valence-corrected chi connectivity index (χ4v) is 3.89. The fraction of sp³-hybridized carbons (Fsp3) is 0.276. The zero-order valence-electron chi connectivity index (χ0n) is 20.0. The maximum atomic E-state index is 12.3. The Morgan fingerprint density at radius 2 is 1.61 bits per heavy atom. The minimum absolute atomic E-state index is 0.0695. The molecule has 2 heterocycles. The number of allylic oxidation sites excluding steroid dienone is 1. The molecule has 3 N–H and O–H groups in total. The van der Waals surface area contributed by atoms with Crippen LogP contribution in [0.15, 0.2) is 65.0 Å². The van der Waals surface area contributed by atoms with E-state index in [1.807, 2.05) is 36.4 Å². The van der Waals surface area contributed by atoms with Crippen LogP contribution in [0.5, 0.6) is 0 Å². The summed E-state index contributed by atoms with van der Waals surface area (Å²) < 4.78 is 0. The second-order valence-corrected chi connectivity index (χ2v) is 8.55. The van der Waals surface area contributed by atoms with Crippen molar-refractivity contribution in [3.8, 4) is 23.7 Å². The van der Waals surface area contributed by atoms with Crippen molar-refractivity contribution in [2.45, 2.75) is 19.3 Å². The summed E-state index contributed by atoms with van der Waals surface area (Å²) in [5, 5.41) is 15.9. The van der Waals surface area contributed by atoms with Gasteiger partial charge in [0, 0.05) is 48.1 Å². The highest BCUT2D eigenvalue weighted by Crippen LogP contribution is 2.14. The van der Waals surface area contributed by atoms with Crippen molar-refractivity contribution < 1.29 is 14.7 Å². The van der Waals surface area contributed by atoms with E-state index in [0.29, 0.717) is 17.8 Å². The number of aliphatic hydroxyl groups excluding tert-OH is 1. The Labute approximate surface area is 211 Å². The average molecular weight is 481 g/mol. The van der Waals surface area contributed by atoms with E-state index in [9.17, 15) is 14.7 Å². The maximum absolute atomic E-state index is 12.3. The quantitative estimate of drug-likeness (QED) is 0.530. The van der Waals surface area contributed by atoms with Gasteiger partial charge in [0.15, 0.2) is 5.76 Å². The molecule has 2 aliphatic heterocycles. The van der Waals surface area contributed by atoms with E-state index < -0.39 is 0 Å². The van der Waals surface area contributed by atoms with Crippen LogP contribution in [0, 0.1) is 23.7 Å². The molecule has 0 spiro atoms. The SMILES string of the molecule is O=C1CC=NC(CNc2ccc(C#CC#Cc3ccc(C(=O)NCCN4CCCC4)cc3)cc2)=C1O. The van der Waals surface area contributed by atoms with E-state index in [0.717, 1.165) is 36.4 Å². The molecule has 1 saturated heterocycles. The maximum Gasteiger partial charge on any atom is 0.251 e. The number of nitrogens with zero attached hydrogens (tertiary/aromatic N) is 2. The first-order valence-corrected chi connectivity index (χ1v) is 12.0. The van der Waals surface area contributed by atoms with Gasteiger partial charge in [0.2, 0.25) is 5.78 Å². The summed E-state index contributed by atoms with van der Waals surface area (Å²) in [7, 11) is 0. The number of ketones is 1. The van der Waals surface area contributed by atoms with Crippen molar-refractivity contribution in [3.63, 3.8) is 0 Å². The van der Waals surface area contributed by atoms with Crippen LogP contribution >= 0.6 is 0 Å². The van der Waals surface area contributed by atoms with Gasteiger partial charge in [-0.25, -0.2) is 0 Å². The molecule has 0 unspecified atom stereocenters. The Morgan fingerprint density at radius 3 is 2.28 bits per heavy atom. The van der Waals surface area contributed by atoms with Crippen molar-refractivity contribution in [1.82, 2.24) is 10.2 Å². The molecule has 7 heteroatoms. The number of Topliss-reactive ketones (excluding diaryl/α,β-unsaturated/α-hetero) is 1. The zero-order valence-corrected chi connectivity index (χ0v) is 20.0. The summed E-state index contributed by atoms with van der Waals surface area (Å²) >= 11 is 0. The summed E-state index contributed by atoms with van der Waals surface area (Å²) in [4.78, 5) is 30.3. The second kappa shape index (κ2) is 12.4. The number of nitrogens with one attached hydrogen (secondary N) is 2. The first-order chi connectivity index (χ1) is 17.6. The summed E-state index contributed by atoms with van der Waals surface area (Å²) in [6.07, 6.45) is 4.13. The van der Waals surface area contributed by atoms with Crippen LogP contribution in [0.3, 0.4) is 0 Å². The van der Waals surface area contributed by atoms with E-state index in [-0.39, 0.29) is 30.4 Å². The Balaban J connectivity index is 1.24. The Morgan fingerprint density at radius 1 is 0.972 bits per heavy atom. The molecule has 7 nitrogen and oxygen atoms in total. The molecule has 0 aliphatic carbocycles. The molecule has 0 bridgehead atoms. The first-order valence-electron chi connectivity index (χ1n) is 12.0. The predicted octanol–water partition coefficient (Wildman–Crippen LogP) is 3.14. The lowest BCUT2D eigenvalue weighted by molar-refractivity contribution is -0.117. The van der Waals surface area contributed by atoms with Crippen molar-refractivity contribution >= 4 is 23.6 Å². The second-order valence-electron chi connectivity index (χ2n) is 8.55. The molecule has 0 radical (unpaired) electrons. The van der Waals surface area contributed by atoms with Gasteiger partial charge >= 0.3 is 0 Å². The number of aliphatic hydroxyl groups is 1. The summed E-state index contributed by atoms with van der Waals surface area (Å²) in [5.74, 6) is 11.0. The summed E-state index contributed by atoms with van der Waals surface area (Å²) in [5.41, 5.74) is 3.37. The lowest BCUT2D eigenvalue weighted by atomic mass is 10.1. The third kappa shape index (κ3) is 7.09. The number of likely N-dealkylation sites (tertiary alicyclic amines) is 1. The number of hydrogen-bond acceptors (Lipinski definition) is 6. The van der Waals surface area contributed by atoms with Crippen LogP contribution in [0.1, 0.15) is 40.7 Å². The highest BCUT2D eigenvalue weighted by atomic mass is 16.3. The van der Waals surface area contributed by atoms with E-state index >= 15 is 0 Å². The van der Waals surface area contributed by atoms with Crippen molar-refractivity contribution in [2.24, 2.45) is 4.99 Å². The lowest BCUT2D eigenvalue weighted by Crippen LogP contribution is -2.33. The third-order valence-electron chi connectivity index (χ3n) is 5.94. The van der Waals surface area contributed by atoms with Gasteiger partial charge in [-0.1, -0.05) is 11.8 Å². The van der Waals surface area contributed by atoms with Crippen LogP contribution in [-0.2, 0) is 4.79 Å². The lowest BCUT2D eigenvalue weighted by Gasteiger charge is -2.14. The number of aliphatic imine (C=N–C) groups is 1. The Kier molecular flexibility index (Phi) is 8.53. The standard InChI is InChI=1S/C29H28N4O3/c34-27-15-16-30-26(28(27)35)21-32-25-13-9-23(10-14-25)6-2-1-5-22-7-11-24(12-8-22)29(36)31-17-20-33-18-3-4-19-33/h7-14,16,32,35H,3-4,15,17-21H2,(H,31,36). The monoisotopic (exact) mass is 480 g/mol. The zero-order chi connectivity index (χ0) is 25.2. The minimum Gasteiger partial charge on any atom is -0.503 e. The summed E-state index contributed by atoms with van der Waals surface area (Å²) in [6.45, 7) is 4.06. The van der Waals surface area contributed by atoms with E-state index in [4.69, 9.17) is 0 Å². The molecule has 2 aliphatic rings. The highest BCUT2D eigenvalue weighted by molar-refractivity contribution is 6.04. The number of anilines is 1. The Hall–Kier alpha value is -4.33. The normalized spacial score (nSPS) is 15.1. The molecule has 2 aromatic rings. The smallest absolute Gasteiger partial charge is 0.251 e. The van der Waals surface area contributed by atoms with Crippen molar-refractivity contribution in [3.05, 3.63) is 76.7 Å². The number of benzene rings is 2. The van der Waals surface area contributed by atoms with Crippen molar-refractivity contribution in [2.75, 3.05) is 38.0 Å². The third-order valence-corrected chi connectivity index (χ3v) is 5.94. The van der Waals surface area contributed by atoms with Gasteiger partial charge in [-0.2, -0.15) is 0 Å². The van der Waals surface area contributed by atoms with Crippen molar-refractivity contribution in [1.29, 1.82) is 0 Å². The molecule has 0 atom stereocenters. The van der Waals surface area contributed by atoms with Gasteiger partial charge in [-0.15, -0.1) is 0 Å². The van der Waals surface area contributed by atoms with Crippen LogP contribution in [0.4, 0.5) is 5.69 Å². The molecule has 36 heavy (non-hydrogen) atoms. The van der Waals surface area contributed by atoms with Gasteiger partial charge in [0.05, 0.1) is 6.54 Å². The molecule has 1 fully saturated rings. The molecule has 4 rings (SSSR count). The predicted molar refractivity (Wildman–Crippen MR) is 141 cm³/mol. The molecule has 0 aromatic heterocycles. The van der Waals surface area contributed by atoms with Gasteiger partial charge in [0.1, 0.15) is 5.70 Å². The number of rotatable bonds is 7. The Bertz CT molecular complexity index is 1280. The van der Waals surface area contributed by atoms with Crippen LogP contribution in [0.25, 0.3) is 0 Å². The molecule has 0 saturated carbocycles. The molecular formula is C29H28N4O3. The van der Waals surface area contributed by atoms with Gasteiger partial charge in [0.25, 0.3) is 5.91 Å². The van der Waals surface area contributed by atoms with Crippen LogP contribution in [0.2, 0.25) is 0 Å². The van der Waals surface area contributed by atoms with E-state index in [1.54, 1.807) is 12.1 Å². The minimum atomic E-state index is -0.321. The largest absolute Gasteiger partial charge is 0.503 e. The molecule has 2 aromatic carbocycles. The number of carbonyl (C=O) groups excluding carboxylic acids is 2. The van der Waals surface area contributed by atoms with Gasteiger partial charge in [-0.3, -0.25) is 14.6 Å². The first kappa shape index (κ1) is 24.8. The number of amides is 1. The van der Waals surface area contributed by atoms with Crippen LogP contribution < -0.4 is 10.6 Å². The van der Waals surface area contributed by atoms with E-state index in [2.05, 4.69) is 44.2 Å². The summed E-state index contributed by atoms with van der Waals surface area (Å²) in [6, 6.07) is 14.6. The average Bonchev–Trinajstić information content (AvgIpc) is 3.42.